The number of hydrogen-bond donors (Lipinski definition) is 2. The number of halogens is 1. The summed E-state index contributed by atoms with van der Waals surface area (Å²) in [5.41, 5.74) is 1.16. The van der Waals surface area contributed by atoms with Crippen LogP contribution in [0.25, 0.3) is 0 Å². The Morgan fingerprint density at radius 3 is 2.64 bits per heavy atom. The van der Waals surface area contributed by atoms with Gasteiger partial charge in [-0.3, -0.25) is 0 Å². The maximum absolute atomic E-state index is 11.5. The number of amides is 1. The summed E-state index contributed by atoms with van der Waals surface area (Å²) >= 11 is 5.54. The van der Waals surface area contributed by atoms with Crippen LogP contribution in [0.5, 0.6) is 0 Å². The van der Waals surface area contributed by atoms with Crippen LogP contribution in [0.2, 0.25) is 0 Å². The Bertz CT molecular complexity index is 572. The second kappa shape index (κ2) is 9.38. The molecule has 4 nitrogen and oxygen atoms in total. The van der Waals surface area contributed by atoms with Gasteiger partial charge in [-0.2, -0.15) is 0 Å². The number of ether oxygens (including phenoxy) is 1. The van der Waals surface area contributed by atoms with E-state index in [-0.39, 0.29) is 12.0 Å². The van der Waals surface area contributed by atoms with Gasteiger partial charge in [0.15, 0.2) is 0 Å². The molecule has 2 saturated carbocycles. The summed E-state index contributed by atoms with van der Waals surface area (Å²) in [6.45, 7) is 12.1. The summed E-state index contributed by atoms with van der Waals surface area (Å²) in [7, 11) is 0. The molecule has 0 aromatic rings. The van der Waals surface area contributed by atoms with E-state index in [1.54, 1.807) is 0 Å². The maximum Gasteiger partial charge on any atom is 0.407 e. The van der Waals surface area contributed by atoms with Crippen molar-refractivity contribution >= 4 is 17.7 Å². The molecule has 1 amide bonds. The largest absolute Gasteiger partial charge is 0.445 e. The van der Waals surface area contributed by atoms with E-state index in [1.165, 1.54) is 24.8 Å². The van der Waals surface area contributed by atoms with Gasteiger partial charge in [-0.25, -0.2) is 4.79 Å². The van der Waals surface area contributed by atoms with Crippen molar-refractivity contribution in [2.45, 2.75) is 85.2 Å². The second-order valence-electron chi connectivity index (χ2n) is 10.2. The third-order valence-electron chi connectivity index (χ3n) is 7.60. The second-order valence-corrected chi connectivity index (χ2v) is 10.5. The van der Waals surface area contributed by atoms with Crippen molar-refractivity contribution in [2.75, 3.05) is 19.0 Å². The van der Waals surface area contributed by atoms with Gasteiger partial charge in [-0.15, -0.1) is 11.6 Å². The van der Waals surface area contributed by atoms with Crippen LogP contribution < -0.4 is 5.32 Å². The van der Waals surface area contributed by atoms with Gasteiger partial charge < -0.3 is 15.2 Å². The summed E-state index contributed by atoms with van der Waals surface area (Å²) in [5, 5.41) is 13.8. The number of carbonyl (C=O) groups excluding carboxylic acids is 1. The summed E-state index contributed by atoms with van der Waals surface area (Å²) in [6, 6.07) is 0. The molecule has 2 unspecified atom stereocenters. The van der Waals surface area contributed by atoms with E-state index in [9.17, 15) is 9.90 Å². The normalized spacial score (nSPS) is 35.2. The minimum absolute atomic E-state index is 0.196. The Morgan fingerprint density at radius 1 is 1.25 bits per heavy atom. The Labute approximate surface area is 176 Å². The highest BCUT2D eigenvalue weighted by molar-refractivity contribution is 6.18. The number of carbonyl (C=O) groups is 1. The quantitative estimate of drug-likeness (QED) is 0.417. The van der Waals surface area contributed by atoms with Crippen LogP contribution in [0.4, 0.5) is 4.79 Å². The maximum atomic E-state index is 11.5. The molecule has 5 heteroatoms. The van der Waals surface area contributed by atoms with Gasteiger partial charge in [0.25, 0.3) is 0 Å². The molecule has 28 heavy (non-hydrogen) atoms. The van der Waals surface area contributed by atoms with Gasteiger partial charge in [-0.05, 0) is 81.1 Å². The molecule has 0 heterocycles. The van der Waals surface area contributed by atoms with Crippen molar-refractivity contribution in [1.29, 1.82) is 0 Å². The lowest BCUT2D eigenvalue weighted by atomic mass is 9.45. The first-order valence-electron chi connectivity index (χ1n) is 10.9. The molecule has 0 aliphatic heterocycles. The lowest BCUT2D eigenvalue weighted by Crippen LogP contribution is -2.57. The standard InChI is InChI=1S/C23H40ClNO3/c1-17(10-16-28-20(26)25-15-14-24)7-8-19-22(4)12-6-11-21(2,3)18(22)9-13-23(19,5)27/h10,18-19,27H,6-9,11-16H2,1-5H3,(H,25,26)/b17-10+/t18?,19-,22+,23?/m1/s1. The number of allylic oxidation sites excluding steroid dienone is 1. The van der Waals surface area contributed by atoms with Crippen molar-refractivity contribution < 1.29 is 14.6 Å². The van der Waals surface area contributed by atoms with Crippen molar-refractivity contribution in [2.24, 2.45) is 22.7 Å². The monoisotopic (exact) mass is 413 g/mol. The van der Waals surface area contributed by atoms with E-state index in [4.69, 9.17) is 16.3 Å². The molecule has 0 bridgehead atoms. The zero-order valence-electron chi connectivity index (χ0n) is 18.4. The topological polar surface area (TPSA) is 58.6 Å². The lowest BCUT2D eigenvalue weighted by Gasteiger charge is -2.61. The predicted octanol–water partition coefficient (Wildman–Crippen LogP) is 5.67. The molecule has 0 radical (unpaired) electrons. The van der Waals surface area contributed by atoms with Gasteiger partial charge in [-0.1, -0.05) is 32.8 Å². The highest BCUT2D eigenvalue weighted by Gasteiger charge is 2.57. The van der Waals surface area contributed by atoms with Crippen LogP contribution in [0.1, 0.15) is 79.6 Å². The molecule has 2 N–H and O–H groups in total. The van der Waals surface area contributed by atoms with Crippen LogP contribution in [0, 0.1) is 22.7 Å². The van der Waals surface area contributed by atoms with Crippen molar-refractivity contribution in [3.63, 3.8) is 0 Å². The van der Waals surface area contributed by atoms with Gasteiger partial charge in [0, 0.05) is 12.4 Å². The fraction of sp³-hybridized carbons (Fsp3) is 0.870. The van der Waals surface area contributed by atoms with Crippen molar-refractivity contribution in [3.05, 3.63) is 11.6 Å². The molecule has 0 aromatic carbocycles. The smallest absolute Gasteiger partial charge is 0.407 e. The molecule has 4 atom stereocenters. The van der Waals surface area contributed by atoms with Crippen molar-refractivity contribution in [1.82, 2.24) is 5.32 Å². The number of fused-ring (bicyclic) bond motifs is 1. The number of hydrogen-bond acceptors (Lipinski definition) is 3. The minimum atomic E-state index is -0.600. The zero-order valence-corrected chi connectivity index (χ0v) is 19.2. The minimum Gasteiger partial charge on any atom is -0.445 e. The molecule has 0 aromatic heterocycles. The van der Waals surface area contributed by atoms with Crippen molar-refractivity contribution in [3.8, 4) is 0 Å². The van der Waals surface area contributed by atoms with Crippen LogP contribution in [-0.4, -0.2) is 35.8 Å². The number of alkyl carbamates (subject to hydrolysis) is 1. The van der Waals surface area contributed by atoms with Gasteiger partial charge >= 0.3 is 6.09 Å². The first-order valence-corrected chi connectivity index (χ1v) is 11.4. The van der Waals surface area contributed by atoms with Gasteiger partial charge in [0.05, 0.1) is 5.60 Å². The SMILES string of the molecule is C/C(=C\COC(=O)NCCCl)CC[C@H]1C(C)(O)CCC2C(C)(C)CCC[C@@]21C. The lowest BCUT2D eigenvalue weighted by molar-refractivity contribution is -0.168. The van der Waals surface area contributed by atoms with E-state index in [0.29, 0.717) is 29.7 Å². The molecule has 2 rings (SSSR count). The molecule has 162 valence electrons. The Morgan fingerprint density at radius 2 is 1.96 bits per heavy atom. The average Bonchev–Trinajstić information content (AvgIpc) is 2.58. The van der Waals surface area contributed by atoms with Gasteiger partial charge in [0.1, 0.15) is 6.61 Å². The molecule has 2 aliphatic carbocycles. The highest BCUT2D eigenvalue weighted by Crippen LogP contribution is 2.62. The van der Waals surface area contributed by atoms with E-state index < -0.39 is 11.7 Å². The molecule has 0 saturated heterocycles. The highest BCUT2D eigenvalue weighted by atomic mass is 35.5. The molecular weight excluding hydrogens is 374 g/mol. The third-order valence-corrected chi connectivity index (χ3v) is 7.79. The summed E-state index contributed by atoms with van der Waals surface area (Å²) in [5.74, 6) is 1.36. The molecule has 0 spiro atoms. The summed E-state index contributed by atoms with van der Waals surface area (Å²) in [6.07, 6.45) is 9.25. The van der Waals surface area contributed by atoms with Gasteiger partial charge in [0.2, 0.25) is 0 Å². The number of aliphatic hydroxyl groups is 1. The molecular formula is C23H40ClNO3. The molecule has 2 fully saturated rings. The van der Waals surface area contributed by atoms with E-state index in [0.717, 1.165) is 25.7 Å². The van der Waals surface area contributed by atoms with E-state index in [2.05, 4.69) is 33.0 Å². The van der Waals surface area contributed by atoms with Crippen LogP contribution >= 0.6 is 11.6 Å². The van der Waals surface area contributed by atoms with Crippen LogP contribution in [0.3, 0.4) is 0 Å². The Hall–Kier alpha value is -0.740. The van der Waals surface area contributed by atoms with Crippen LogP contribution in [-0.2, 0) is 4.74 Å². The number of nitrogens with one attached hydrogen (secondary N) is 1. The average molecular weight is 414 g/mol. The summed E-state index contributed by atoms with van der Waals surface area (Å²) < 4.78 is 5.15. The predicted molar refractivity (Wildman–Crippen MR) is 116 cm³/mol. The van der Waals surface area contributed by atoms with E-state index >= 15 is 0 Å². The van der Waals surface area contributed by atoms with E-state index in [1.807, 2.05) is 13.0 Å². The third kappa shape index (κ3) is 5.44. The number of rotatable bonds is 7. The number of alkyl halides is 1. The first-order chi connectivity index (χ1) is 13.0. The fourth-order valence-electron chi connectivity index (χ4n) is 6.20. The molecule has 2 aliphatic rings. The fourth-order valence-corrected chi connectivity index (χ4v) is 6.29. The zero-order chi connectivity index (χ0) is 21.0. The first kappa shape index (κ1) is 23.5. The summed E-state index contributed by atoms with van der Waals surface area (Å²) in [4.78, 5) is 11.5. The Kier molecular flexibility index (Phi) is 7.89. The van der Waals surface area contributed by atoms with Crippen LogP contribution in [0.15, 0.2) is 11.6 Å². The Balaban J connectivity index is 1.98.